The minimum atomic E-state index is -3.49. The average Bonchev–Trinajstić information content (AvgIpc) is 2.38. The van der Waals surface area contributed by atoms with Gasteiger partial charge in [0.2, 0.25) is 10.0 Å². The van der Waals surface area contributed by atoms with E-state index in [1.165, 1.54) is 12.1 Å². The molecule has 0 bridgehead atoms. The second-order valence-corrected chi connectivity index (χ2v) is 6.16. The van der Waals surface area contributed by atoms with Crippen molar-refractivity contribution in [2.75, 3.05) is 20.3 Å². The Labute approximate surface area is 114 Å². The van der Waals surface area contributed by atoms with Crippen molar-refractivity contribution < 1.29 is 13.2 Å². The van der Waals surface area contributed by atoms with Crippen LogP contribution in [0, 0.1) is 17.2 Å². The number of hydrogen-bond acceptors (Lipinski definition) is 4. The second kappa shape index (κ2) is 7.24. The molecule has 0 aliphatic heterocycles. The number of nitrogens with zero attached hydrogens (tertiary/aromatic N) is 1. The van der Waals surface area contributed by atoms with Crippen molar-refractivity contribution in [2.24, 2.45) is 5.92 Å². The number of nitrogens with one attached hydrogen (secondary N) is 1. The fraction of sp³-hybridized carbons (Fsp3) is 0.462. The highest BCUT2D eigenvalue weighted by atomic mass is 32.2. The van der Waals surface area contributed by atoms with Gasteiger partial charge >= 0.3 is 0 Å². The molecule has 0 heterocycles. The van der Waals surface area contributed by atoms with Gasteiger partial charge in [-0.2, -0.15) is 5.26 Å². The molecule has 19 heavy (non-hydrogen) atoms. The first-order valence-corrected chi connectivity index (χ1v) is 7.42. The number of hydrogen-bond donors (Lipinski definition) is 1. The van der Waals surface area contributed by atoms with E-state index in [0.717, 1.165) is 5.56 Å². The lowest BCUT2D eigenvalue weighted by Gasteiger charge is -2.12. The summed E-state index contributed by atoms with van der Waals surface area (Å²) in [5.74, 6) is 0.109. The first-order valence-electron chi connectivity index (χ1n) is 5.94. The average molecular weight is 282 g/mol. The quantitative estimate of drug-likeness (QED) is 0.818. The molecule has 1 aromatic carbocycles. The fourth-order valence-electron chi connectivity index (χ4n) is 1.56. The summed E-state index contributed by atoms with van der Waals surface area (Å²) >= 11 is 0. The largest absolute Gasteiger partial charge is 0.384 e. The SMILES string of the molecule is COCC(C)CNS(=O)(=O)c1ccc(CC#N)cc1. The van der Waals surface area contributed by atoms with E-state index in [-0.39, 0.29) is 17.2 Å². The van der Waals surface area contributed by atoms with Gasteiger partial charge in [-0.25, -0.2) is 13.1 Å². The Morgan fingerprint density at radius 2 is 2.00 bits per heavy atom. The highest BCUT2D eigenvalue weighted by molar-refractivity contribution is 7.89. The molecule has 1 N–H and O–H groups in total. The first-order chi connectivity index (χ1) is 8.99. The molecule has 104 valence electrons. The fourth-order valence-corrected chi connectivity index (χ4v) is 2.72. The molecule has 0 fully saturated rings. The Balaban J connectivity index is 2.69. The predicted molar refractivity (Wildman–Crippen MR) is 72.0 cm³/mol. The summed E-state index contributed by atoms with van der Waals surface area (Å²) < 4.78 is 31.5. The number of methoxy groups -OCH3 is 1. The molecule has 0 aromatic heterocycles. The van der Waals surface area contributed by atoms with Gasteiger partial charge in [0, 0.05) is 20.3 Å². The third-order valence-corrected chi connectivity index (χ3v) is 4.03. The second-order valence-electron chi connectivity index (χ2n) is 4.39. The number of ether oxygens (including phenoxy) is 1. The lowest BCUT2D eigenvalue weighted by molar-refractivity contribution is 0.161. The maximum Gasteiger partial charge on any atom is 0.240 e. The first kappa shape index (κ1) is 15.6. The molecular weight excluding hydrogens is 264 g/mol. The van der Waals surface area contributed by atoms with Crippen LogP contribution < -0.4 is 4.72 Å². The van der Waals surface area contributed by atoms with Gasteiger partial charge in [-0.1, -0.05) is 19.1 Å². The van der Waals surface area contributed by atoms with Crippen LogP contribution in [0.25, 0.3) is 0 Å². The van der Waals surface area contributed by atoms with E-state index in [4.69, 9.17) is 10.00 Å². The normalized spacial score (nSPS) is 12.9. The number of benzene rings is 1. The lowest BCUT2D eigenvalue weighted by atomic mass is 10.2. The van der Waals surface area contributed by atoms with Gasteiger partial charge in [0.15, 0.2) is 0 Å². The molecule has 0 spiro atoms. The van der Waals surface area contributed by atoms with Crippen LogP contribution in [-0.4, -0.2) is 28.7 Å². The van der Waals surface area contributed by atoms with Crippen molar-refractivity contribution in [3.8, 4) is 6.07 Å². The van der Waals surface area contributed by atoms with Crippen molar-refractivity contribution in [1.29, 1.82) is 5.26 Å². The zero-order chi connectivity index (χ0) is 14.3. The monoisotopic (exact) mass is 282 g/mol. The van der Waals surface area contributed by atoms with Crippen molar-refractivity contribution in [1.82, 2.24) is 4.72 Å². The van der Waals surface area contributed by atoms with E-state index in [0.29, 0.717) is 13.2 Å². The third kappa shape index (κ3) is 4.99. The highest BCUT2D eigenvalue weighted by Gasteiger charge is 2.14. The molecular formula is C13H18N2O3S. The van der Waals surface area contributed by atoms with Gasteiger partial charge in [0.05, 0.1) is 17.4 Å². The van der Waals surface area contributed by atoms with Crippen LogP contribution in [0.2, 0.25) is 0 Å². The third-order valence-electron chi connectivity index (χ3n) is 2.59. The van der Waals surface area contributed by atoms with E-state index in [9.17, 15) is 8.42 Å². The van der Waals surface area contributed by atoms with E-state index >= 15 is 0 Å². The van der Waals surface area contributed by atoms with Crippen LogP contribution in [0.1, 0.15) is 12.5 Å². The summed E-state index contributed by atoms with van der Waals surface area (Å²) in [5.41, 5.74) is 0.800. The van der Waals surface area contributed by atoms with E-state index < -0.39 is 10.0 Å². The summed E-state index contributed by atoms with van der Waals surface area (Å²) in [6.07, 6.45) is 0.276. The highest BCUT2D eigenvalue weighted by Crippen LogP contribution is 2.11. The van der Waals surface area contributed by atoms with Crippen LogP contribution in [0.3, 0.4) is 0 Å². The zero-order valence-electron chi connectivity index (χ0n) is 11.1. The Morgan fingerprint density at radius 3 is 2.53 bits per heavy atom. The Kier molecular flexibility index (Phi) is 5.96. The molecule has 0 aliphatic rings. The molecule has 1 atom stereocenters. The summed E-state index contributed by atoms with van der Waals surface area (Å²) in [5, 5.41) is 8.55. The maximum atomic E-state index is 12.0. The smallest absolute Gasteiger partial charge is 0.240 e. The zero-order valence-corrected chi connectivity index (χ0v) is 11.9. The number of sulfonamides is 1. The van der Waals surface area contributed by atoms with Crippen LogP contribution >= 0.6 is 0 Å². The van der Waals surface area contributed by atoms with Crippen LogP contribution in [0.15, 0.2) is 29.2 Å². The van der Waals surface area contributed by atoms with E-state index in [1.807, 2.05) is 13.0 Å². The van der Waals surface area contributed by atoms with Gasteiger partial charge in [0.1, 0.15) is 0 Å². The summed E-state index contributed by atoms with van der Waals surface area (Å²) in [4.78, 5) is 0.207. The van der Waals surface area contributed by atoms with Gasteiger partial charge in [-0.15, -0.1) is 0 Å². The molecule has 0 amide bonds. The maximum absolute atomic E-state index is 12.0. The summed E-state index contributed by atoms with van der Waals surface area (Å²) in [7, 11) is -1.91. The van der Waals surface area contributed by atoms with Crippen LogP contribution in [-0.2, 0) is 21.2 Å². The lowest BCUT2D eigenvalue weighted by Crippen LogP contribution is -2.30. The molecule has 1 rings (SSSR count). The topological polar surface area (TPSA) is 79.2 Å². The van der Waals surface area contributed by atoms with Crippen molar-refractivity contribution in [2.45, 2.75) is 18.2 Å². The molecule has 6 heteroatoms. The summed E-state index contributed by atoms with van der Waals surface area (Å²) in [6, 6.07) is 8.34. The molecule has 1 unspecified atom stereocenters. The number of nitriles is 1. The Morgan fingerprint density at radius 1 is 1.37 bits per heavy atom. The van der Waals surface area contributed by atoms with Gasteiger partial charge < -0.3 is 4.74 Å². The van der Waals surface area contributed by atoms with Crippen LogP contribution in [0.4, 0.5) is 0 Å². The van der Waals surface area contributed by atoms with Gasteiger partial charge in [-0.3, -0.25) is 0 Å². The molecule has 0 radical (unpaired) electrons. The number of rotatable bonds is 7. The summed E-state index contributed by atoms with van der Waals surface area (Å²) in [6.45, 7) is 2.74. The van der Waals surface area contributed by atoms with E-state index in [1.54, 1.807) is 19.2 Å². The molecule has 0 saturated heterocycles. The van der Waals surface area contributed by atoms with Crippen molar-refractivity contribution in [3.63, 3.8) is 0 Å². The minimum absolute atomic E-state index is 0.109. The van der Waals surface area contributed by atoms with Gasteiger partial charge in [-0.05, 0) is 23.6 Å². The van der Waals surface area contributed by atoms with Crippen molar-refractivity contribution in [3.05, 3.63) is 29.8 Å². The standard InChI is InChI=1S/C13H18N2O3S/c1-11(10-18-2)9-15-19(16,17)13-5-3-12(4-6-13)7-8-14/h3-6,11,15H,7,9-10H2,1-2H3. The molecule has 0 aliphatic carbocycles. The Hall–Kier alpha value is -1.42. The molecule has 0 saturated carbocycles. The predicted octanol–water partition coefficient (Wildman–Crippen LogP) is 1.31. The van der Waals surface area contributed by atoms with Gasteiger partial charge in [0.25, 0.3) is 0 Å². The molecule has 1 aromatic rings. The molecule has 5 nitrogen and oxygen atoms in total. The Bertz CT molecular complexity index is 532. The van der Waals surface area contributed by atoms with Crippen molar-refractivity contribution >= 4 is 10.0 Å². The van der Waals surface area contributed by atoms with E-state index in [2.05, 4.69) is 4.72 Å². The minimum Gasteiger partial charge on any atom is -0.384 e. The van der Waals surface area contributed by atoms with Crippen LogP contribution in [0.5, 0.6) is 0 Å².